The summed E-state index contributed by atoms with van der Waals surface area (Å²) in [5, 5.41) is 4.72. The third-order valence-corrected chi connectivity index (χ3v) is 13.5. The molecular weight excluding hydrogens is 746 g/mol. The second kappa shape index (κ2) is 13.7. The van der Waals surface area contributed by atoms with E-state index < -0.39 is 42.5 Å². The van der Waals surface area contributed by atoms with Crippen LogP contribution in [0.5, 0.6) is 5.75 Å². The van der Waals surface area contributed by atoms with Crippen molar-refractivity contribution >= 4 is 46.8 Å². The number of aromatic amines is 1. The van der Waals surface area contributed by atoms with E-state index in [9.17, 15) is 9.59 Å². The van der Waals surface area contributed by atoms with Crippen molar-refractivity contribution in [3.63, 3.8) is 0 Å². The zero-order chi connectivity index (χ0) is 40.1. The molecule has 0 bridgehead atoms. The smallest absolute Gasteiger partial charge is 0.464 e. The number of ether oxygens (including phenoxy) is 2. The Morgan fingerprint density at radius 2 is 1.82 bits per heavy atom. The predicted molar refractivity (Wildman–Crippen MR) is 216 cm³/mol. The van der Waals surface area contributed by atoms with Gasteiger partial charge in [0.2, 0.25) is 12.1 Å². The van der Waals surface area contributed by atoms with Crippen molar-refractivity contribution in [2.75, 3.05) is 13.7 Å². The van der Waals surface area contributed by atoms with E-state index in [0.717, 1.165) is 39.1 Å². The molecule has 1 unspecified atom stereocenters. The van der Waals surface area contributed by atoms with Crippen LogP contribution in [-0.2, 0) is 18.8 Å². The van der Waals surface area contributed by atoms with E-state index in [2.05, 4.69) is 27.9 Å². The number of aromatic nitrogens is 4. The number of likely N-dealkylation sites (tertiary alicyclic amines) is 1. The van der Waals surface area contributed by atoms with Gasteiger partial charge in [-0.2, -0.15) is 0 Å². The van der Waals surface area contributed by atoms with Crippen LogP contribution in [0.25, 0.3) is 33.4 Å². The SMILES string of the molecule is COC(=O)N[C@H](C(=O)N1C[C@H](C)C[C@H]1c1ncc(-c2cc(F)c3c(c2)OC(c2cnc(C4CC4)s2)n2c-3cc3cc(B4OC(C)(C)C(C)(C)O4)ccc32)[nH]1)C(C)C. The number of nitrogens with zero attached hydrogens (tertiary/aromatic N) is 4. The Kier molecular flexibility index (Phi) is 9.09. The summed E-state index contributed by atoms with van der Waals surface area (Å²) in [6.07, 6.45) is 5.29. The Labute approximate surface area is 335 Å². The van der Waals surface area contributed by atoms with Crippen LogP contribution < -0.4 is 15.5 Å². The molecule has 3 aliphatic heterocycles. The fourth-order valence-electron chi connectivity index (χ4n) is 8.28. The van der Waals surface area contributed by atoms with E-state index in [1.807, 2.05) is 72.0 Å². The summed E-state index contributed by atoms with van der Waals surface area (Å²) in [6, 6.07) is 10.4. The van der Waals surface area contributed by atoms with Crippen molar-refractivity contribution in [3.05, 3.63) is 70.3 Å². The largest absolute Gasteiger partial charge is 0.494 e. The van der Waals surface area contributed by atoms with Gasteiger partial charge in [-0.15, -0.1) is 11.3 Å². The second-order valence-corrected chi connectivity index (χ2v) is 18.5. The van der Waals surface area contributed by atoms with Crippen LogP contribution in [0.2, 0.25) is 0 Å². The van der Waals surface area contributed by atoms with Gasteiger partial charge in [0.15, 0.2) is 0 Å². The molecule has 4 atom stereocenters. The molecule has 2 N–H and O–H groups in total. The maximum absolute atomic E-state index is 16.7. The molecule has 57 heavy (non-hydrogen) atoms. The number of halogens is 1. The molecule has 6 heterocycles. The summed E-state index contributed by atoms with van der Waals surface area (Å²) in [5.41, 5.74) is 3.04. The van der Waals surface area contributed by atoms with E-state index in [-0.39, 0.29) is 23.8 Å². The first-order valence-corrected chi connectivity index (χ1v) is 20.6. The normalized spacial score (nSPS) is 22.7. The van der Waals surface area contributed by atoms with Crippen LogP contribution in [0.4, 0.5) is 9.18 Å². The number of methoxy groups -OCH3 is 1. The van der Waals surface area contributed by atoms with Crippen molar-refractivity contribution in [2.24, 2.45) is 11.8 Å². The van der Waals surface area contributed by atoms with Crippen LogP contribution in [-0.4, -0.2) is 74.4 Å². The Morgan fingerprint density at radius 3 is 2.53 bits per heavy atom. The Bertz CT molecular complexity index is 2390. The number of carbonyl (C=O) groups excluding carboxylic acids is 2. The molecule has 2 aromatic carbocycles. The molecule has 1 aliphatic carbocycles. The second-order valence-electron chi connectivity index (χ2n) is 17.4. The number of hydrogen-bond donors (Lipinski definition) is 2. The summed E-state index contributed by atoms with van der Waals surface area (Å²) < 4.78 is 43.2. The lowest BCUT2D eigenvalue weighted by Gasteiger charge is -2.32. The number of rotatable bonds is 8. The minimum absolute atomic E-state index is 0.163. The lowest BCUT2D eigenvalue weighted by atomic mass is 9.78. The number of nitrogens with one attached hydrogen (secondary N) is 2. The molecule has 0 spiro atoms. The Morgan fingerprint density at radius 1 is 1.07 bits per heavy atom. The molecule has 1 saturated carbocycles. The van der Waals surface area contributed by atoms with Gasteiger partial charge in [0.05, 0.1) is 62.9 Å². The van der Waals surface area contributed by atoms with E-state index in [1.165, 1.54) is 13.2 Å². The fourth-order valence-corrected chi connectivity index (χ4v) is 9.38. The molecule has 2 saturated heterocycles. The minimum Gasteiger partial charge on any atom is -0.464 e. The van der Waals surface area contributed by atoms with Crippen molar-refractivity contribution < 1.29 is 32.8 Å². The van der Waals surface area contributed by atoms with E-state index in [1.54, 1.807) is 22.4 Å². The quantitative estimate of drug-likeness (QED) is 0.153. The molecule has 3 aromatic heterocycles. The number of benzene rings is 2. The minimum atomic E-state index is -0.760. The van der Waals surface area contributed by atoms with Gasteiger partial charge in [-0.05, 0) is 88.5 Å². The van der Waals surface area contributed by atoms with E-state index in [0.29, 0.717) is 53.0 Å². The molecule has 298 valence electrons. The first-order valence-electron chi connectivity index (χ1n) is 19.8. The van der Waals surface area contributed by atoms with Crippen LogP contribution in [0.15, 0.2) is 48.8 Å². The van der Waals surface area contributed by atoms with Crippen LogP contribution in [0.3, 0.4) is 0 Å². The Hall–Kier alpha value is -4.73. The monoisotopic (exact) mass is 794 g/mol. The molecule has 0 radical (unpaired) electrons. The van der Waals surface area contributed by atoms with Gasteiger partial charge in [-0.25, -0.2) is 19.2 Å². The number of amides is 2. The van der Waals surface area contributed by atoms with Gasteiger partial charge in [0, 0.05) is 29.6 Å². The number of fused-ring (bicyclic) bond motifs is 5. The van der Waals surface area contributed by atoms with Crippen molar-refractivity contribution in [1.82, 2.24) is 29.7 Å². The number of alkyl carbamates (subject to hydrolysis) is 1. The lowest BCUT2D eigenvalue weighted by molar-refractivity contribution is -0.135. The molecule has 4 aliphatic rings. The van der Waals surface area contributed by atoms with Crippen LogP contribution in [0, 0.1) is 17.7 Å². The lowest BCUT2D eigenvalue weighted by Crippen LogP contribution is -2.51. The Balaban J connectivity index is 1.08. The van der Waals surface area contributed by atoms with Crippen LogP contribution in [0.1, 0.15) is 102 Å². The van der Waals surface area contributed by atoms with Gasteiger partial charge in [-0.1, -0.05) is 32.9 Å². The summed E-state index contributed by atoms with van der Waals surface area (Å²) in [7, 11) is 0.739. The molecule has 9 rings (SSSR count). The number of H-pyrrole nitrogens is 1. The first kappa shape index (κ1) is 37.8. The zero-order valence-corrected chi connectivity index (χ0v) is 34.3. The van der Waals surface area contributed by atoms with E-state index in [4.69, 9.17) is 28.8 Å². The van der Waals surface area contributed by atoms with E-state index >= 15 is 4.39 Å². The number of carbonyl (C=O) groups is 2. The number of thiazole rings is 1. The molecule has 3 fully saturated rings. The van der Waals surface area contributed by atoms with Gasteiger partial charge in [0.1, 0.15) is 23.4 Å². The highest BCUT2D eigenvalue weighted by Crippen LogP contribution is 2.49. The summed E-state index contributed by atoms with van der Waals surface area (Å²) in [4.78, 5) is 41.6. The van der Waals surface area contributed by atoms with Crippen molar-refractivity contribution in [2.45, 2.75) is 103 Å². The third kappa shape index (κ3) is 6.51. The number of imidazole rings is 1. The van der Waals surface area contributed by atoms with Crippen molar-refractivity contribution in [3.8, 4) is 28.3 Å². The molecule has 2 amide bonds. The highest BCUT2D eigenvalue weighted by Gasteiger charge is 2.52. The highest BCUT2D eigenvalue weighted by molar-refractivity contribution is 7.11. The summed E-state index contributed by atoms with van der Waals surface area (Å²) in [5.74, 6) is 0.893. The molecule has 12 nitrogen and oxygen atoms in total. The standard InChI is InChI=1S/C42H48BFN6O6S/c1-21(2)35(48-40(52)53-8)38(51)49-20-22(3)13-31(49)36-45-18-28(47-36)24-15-27(44)34-30-16-25-14-26(43-55-41(4,5)42(6,7)56-43)11-12-29(25)50(30)39(54-32(34)17-24)33-19-46-37(57-33)23-9-10-23/h11-12,14-19,21-23,31,35,39H,9-10,13,20H2,1-8H3,(H,45,47)(H,48,52)/t22-,31+,35+,39?/m1/s1. The highest BCUT2D eigenvalue weighted by atomic mass is 32.1. The molecule has 5 aromatic rings. The van der Waals surface area contributed by atoms with Gasteiger partial charge < -0.3 is 34.0 Å². The fraction of sp³-hybridized carbons (Fsp3) is 0.476. The van der Waals surface area contributed by atoms with Gasteiger partial charge >= 0.3 is 13.2 Å². The maximum atomic E-state index is 16.7. The molecular formula is C42H48BFN6O6S. The first-order chi connectivity index (χ1) is 27.1. The third-order valence-electron chi connectivity index (χ3n) is 12.3. The maximum Gasteiger partial charge on any atom is 0.494 e. The zero-order valence-electron chi connectivity index (χ0n) is 33.5. The average molecular weight is 795 g/mol. The number of hydrogen-bond acceptors (Lipinski definition) is 9. The molecule has 15 heteroatoms. The summed E-state index contributed by atoms with van der Waals surface area (Å²) >= 11 is 1.65. The van der Waals surface area contributed by atoms with Gasteiger partial charge in [-0.3, -0.25) is 9.36 Å². The topological polar surface area (TPSA) is 133 Å². The predicted octanol–water partition coefficient (Wildman–Crippen LogP) is 7.70. The summed E-state index contributed by atoms with van der Waals surface area (Å²) in [6.45, 7) is 14.5. The van der Waals surface area contributed by atoms with Crippen LogP contribution >= 0.6 is 11.3 Å². The van der Waals surface area contributed by atoms with Crippen molar-refractivity contribution in [1.29, 1.82) is 0 Å². The van der Waals surface area contributed by atoms with Gasteiger partial charge in [0.25, 0.3) is 0 Å². The average Bonchev–Trinajstić information content (AvgIpc) is 3.55.